The van der Waals surface area contributed by atoms with E-state index in [4.69, 9.17) is 33.5 Å². The van der Waals surface area contributed by atoms with Gasteiger partial charge in [0.25, 0.3) is 0 Å². The Morgan fingerprint density at radius 3 is 2.02 bits per heavy atom. The fraction of sp³-hybridized carbons (Fsp3) is 0.439. The average Bonchev–Trinajstić information content (AvgIpc) is 3.69. The van der Waals surface area contributed by atoms with Gasteiger partial charge in [0.1, 0.15) is 18.1 Å². The summed E-state index contributed by atoms with van der Waals surface area (Å²) in [6, 6.07) is 21.5. The number of hydrogen-bond acceptors (Lipinski definition) is 13. The molecule has 17 nitrogen and oxygen atoms in total. The number of rotatable bonds is 14. The van der Waals surface area contributed by atoms with E-state index in [9.17, 15) is 28.5 Å². The van der Waals surface area contributed by atoms with Crippen molar-refractivity contribution in [3.05, 3.63) is 108 Å². The second kappa shape index (κ2) is 22.4. The van der Waals surface area contributed by atoms with Crippen LogP contribution in [-0.2, 0) is 76.1 Å². The molecule has 0 unspecified atom stereocenters. The zero-order chi connectivity index (χ0) is 42.2. The first-order chi connectivity index (χ1) is 28.4. The van der Waals surface area contributed by atoms with Gasteiger partial charge >= 0.3 is 13.8 Å². The number of amides is 4. The molecule has 2 heterocycles. The fourth-order valence-corrected chi connectivity index (χ4v) is 7.74. The van der Waals surface area contributed by atoms with Gasteiger partial charge in [0.15, 0.2) is 0 Å². The summed E-state index contributed by atoms with van der Waals surface area (Å²) in [6.07, 6.45) is -2.17. The van der Waals surface area contributed by atoms with Crippen molar-refractivity contribution >= 4 is 37.4 Å². The predicted octanol–water partition coefficient (Wildman–Crippen LogP) is 2.52. The number of hydrogen-bond donors (Lipinski definition) is 4. The van der Waals surface area contributed by atoms with E-state index in [1.165, 1.54) is 18.9 Å². The molecule has 18 heteroatoms. The van der Waals surface area contributed by atoms with Crippen molar-refractivity contribution in [1.82, 2.24) is 20.9 Å². The largest absolute Gasteiger partial charge is 0.475 e. The Morgan fingerprint density at radius 2 is 1.44 bits per heavy atom. The molecule has 0 spiro atoms. The highest BCUT2D eigenvalue weighted by molar-refractivity contribution is 7.48. The number of esters is 1. The first kappa shape index (κ1) is 45.1. The van der Waals surface area contributed by atoms with Crippen molar-refractivity contribution in [2.45, 2.75) is 82.4 Å². The van der Waals surface area contributed by atoms with E-state index in [1.807, 2.05) is 42.5 Å². The van der Waals surface area contributed by atoms with Crippen molar-refractivity contribution < 1.29 is 56.3 Å². The maximum atomic E-state index is 14.7. The van der Waals surface area contributed by atoms with Gasteiger partial charge in [-0.3, -0.25) is 32.7 Å². The number of nitrogens with two attached hydrogens (primary N) is 1. The van der Waals surface area contributed by atoms with Crippen LogP contribution in [0, 0.1) is 0 Å². The minimum absolute atomic E-state index is 0.0383. The molecule has 2 fully saturated rings. The Bertz CT molecular complexity index is 1850. The summed E-state index contributed by atoms with van der Waals surface area (Å²) in [5.41, 5.74) is 8.26. The van der Waals surface area contributed by atoms with Gasteiger partial charge in [-0.25, -0.2) is 9.36 Å². The zero-order valence-electron chi connectivity index (χ0n) is 33.1. The van der Waals surface area contributed by atoms with Crippen LogP contribution in [0.2, 0.25) is 0 Å². The van der Waals surface area contributed by atoms with Crippen LogP contribution < -0.4 is 21.7 Å². The Balaban J connectivity index is 1.47. The molecule has 3 aromatic rings. The van der Waals surface area contributed by atoms with Crippen molar-refractivity contribution in [3.8, 4) is 0 Å². The minimum Gasteiger partial charge on any atom is -0.467 e. The number of phosphoric acid groups is 1. The lowest BCUT2D eigenvalue weighted by Crippen LogP contribution is -2.61. The quantitative estimate of drug-likeness (QED) is 0.136. The molecule has 5 rings (SSSR count). The molecule has 2 aliphatic rings. The molecule has 2 aliphatic heterocycles. The van der Waals surface area contributed by atoms with Crippen LogP contribution >= 0.6 is 7.82 Å². The first-order valence-electron chi connectivity index (χ1n) is 19.3. The van der Waals surface area contributed by atoms with E-state index in [2.05, 4.69) is 16.0 Å². The predicted molar refractivity (Wildman–Crippen MR) is 213 cm³/mol. The summed E-state index contributed by atoms with van der Waals surface area (Å²) < 4.78 is 49.0. The summed E-state index contributed by atoms with van der Waals surface area (Å²) >= 11 is 0. The lowest BCUT2D eigenvalue weighted by Gasteiger charge is -2.33. The Hall–Kier alpha value is -5.00. The minimum atomic E-state index is -4.54. The van der Waals surface area contributed by atoms with Crippen LogP contribution in [0.4, 0.5) is 0 Å². The highest BCUT2D eigenvalue weighted by atomic mass is 31.2. The smallest absolute Gasteiger partial charge is 0.467 e. The number of carbonyl (C=O) groups excluding carboxylic acids is 5. The second-order valence-electron chi connectivity index (χ2n) is 14.1. The third-order valence-corrected chi connectivity index (χ3v) is 11.1. The van der Waals surface area contributed by atoms with E-state index in [0.29, 0.717) is 11.1 Å². The Labute approximate surface area is 343 Å². The molecule has 0 saturated carbocycles. The molecule has 59 heavy (non-hydrogen) atoms. The van der Waals surface area contributed by atoms with Crippen LogP contribution in [0.5, 0.6) is 0 Å². The molecule has 318 valence electrons. The maximum Gasteiger partial charge on any atom is 0.475 e. The van der Waals surface area contributed by atoms with Crippen LogP contribution in [0.1, 0.15) is 42.9 Å². The Morgan fingerprint density at radius 1 is 0.864 bits per heavy atom. The van der Waals surface area contributed by atoms with Crippen LogP contribution in [0.25, 0.3) is 0 Å². The lowest BCUT2D eigenvalue weighted by atomic mass is 10.1. The van der Waals surface area contributed by atoms with Gasteiger partial charge < -0.3 is 40.8 Å². The summed E-state index contributed by atoms with van der Waals surface area (Å²) in [4.78, 5) is 69.2. The molecule has 0 aromatic heterocycles. The third-order valence-electron chi connectivity index (χ3n) is 9.64. The number of fused-ring (bicyclic) bond motifs is 2. The monoisotopic (exact) mass is 837 g/mol. The molecule has 2 saturated heterocycles. The van der Waals surface area contributed by atoms with Gasteiger partial charge in [-0.1, -0.05) is 91.0 Å². The average molecular weight is 838 g/mol. The first-order valence-corrected chi connectivity index (χ1v) is 20.8. The normalized spacial score (nSPS) is 23.0. The number of nitrogens with zero attached hydrogens (tertiary/aromatic N) is 1. The summed E-state index contributed by atoms with van der Waals surface area (Å²) in [6.45, 7) is 0.789. The van der Waals surface area contributed by atoms with Gasteiger partial charge in [0.05, 0.1) is 58.4 Å². The summed E-state index contributed by atoms with van der Waals surface area (Å²) in [7, 11) is -3.36. The molecular weight excluding hydrogens is 785 g/mol. The second-order valence-corrected chi connectivity index (χ2v) is 15.7. The number of ether oxygens (including phenoxy) is 3. The molecule has 3 aromatic carbocycles. The number of benzene rings is 3. The highest BCUT2D eigenvalue weighted by Gasteiger charge is 2.46. The number of carbonyl (C=O) groups is 5. The van der Waals surface area contributed by atoms with E-state index in [1.54, 1.807) is 48.5 Å². The van der Waals surface area contributed by atoms with Gasteiger partial charge in [0.2, 0.25) is 23.6 Å². The van der Waals surface area contributed by atoms with Crippen molar-refractivity contribution in [3.63, 3.8) is 0 Å². The number of methoxy groups -OCH3 is 1. The van der Waals surface area contributed by atoms with Crippen LogP contribution in [-0.4, -0.2) is 104 Å². The molecule has 0 aliphatic carbocycles. The van der Waals surface area contributed by atoms with Crippen molar-refractivity contribution in [1.29, 1.82) is 0 Å². The van der Waals surface area contributed by atoms with Crippen LogP contribution in [0.15, 0.2) is 91.0 Å². The van der Waals surface area contributed by atoms with Gasteiger partial charge in [-0.2, -0.15) is 0 Å². The molecule has 0 radical (unpaired) electrons. The fourth-order valence-electron chi connectivity index (χ4n) is 6.40. The molecule has 6 atom stereocenters. The van der Waals surface area contributed by atoms with Crippen LogP contribution in [0.3, 0.4) is 0 Å². The SMILES string of the molecule is COC(=O)[C@@H]1C[C@@H]2CN1C(=O)[C@H]([C@@H](C)OP(=O)(OCc1ccccc1)OCc1ccccc1)NC(=O)[C@H](COCc1ccccc1)NC(=O)[C@@H](N)CCC(=O)NCCO2. The highest BCUT2D eigenvalue weighted by Crippen LogP contribution is 2.52. The van der Waals surface area contributed by atoms with E-state index >= 15 is 0 Å². The third kappa shape index (κ3) is 13.8. The van der Waals surface area contributed by atoms with Crippen molar-refractivity contribution in [2.75, 3.05) is 33.4 Å². The van der Waals surface area contributed by atoms with Gasteiger partial charge in [-0.15, -0.1) is 0 Å². The van der Waals surface area contributed by atoms with Gasteiger partial charge in [-0.05, 0) is 30.0 Å². The lowest BCUT2D eigenvalue weighted by molar-refractivity contribution is -0.153. The van der Waals surface area contributed by atoms with Gasteiger partial charge in [0, 0.05) is 25.9 Å². The number of nitrogens with one attached hydrogen (secondary N) is 3. The molecule has 2 bridgehead atoms. The topological polar surface area (TPSA) is 223 Å². The zero-order valence-corrected chi connectivity index (χ0v) is 34.0. The van der Waals surface area contributed by atoms with E-state index < -0.39 is 67.9 Å². The summed E-state index contributed by atoms with van der Waals surface area (Å²) in [5.74, 6) is -3.56. The summed E-state index contributed by atoms with van der Waals surface area (Å²) in [5, 5.41) is 7.96. The molecular formula is C41H52N5O12P. The van der Waals surface area contributed by atoms with E-state index in [-0.39, 0.29) is 71.3 Å². The van der Waals surface area contributed by atoms with E-state index in [0.717, 1.165) is 5.56 Å². The molecule has 4 amide bonds. The molecule has 5 N–H and O–H groups in total. The standard InChI is InChI=1S/C41H52N5O12P/c1-28(58-59(52,56-25-30-14-8-4-9-15-30)57-26-31-16-10-5-11-17-31)37-40(50)46-23-32(22-35(46)41(51)53-2)55-21-20-43-36(47)19-18-33(42)38(48)44-34(39(49)45-37)27-54-24-29-12-6-3-7-13-29/h3-17,28,32-35,37H,18-27,42H2,1-2H3,(H,43,47)(H,44,48)(H,45,49)/t28-,32-,33+,34+,35+,37+/m1/s1. The maximum absolute atomic E-state index is 14.7. The van der Waals surface area contributed by atoms with Crippen molar-refractivity contribution in [2.24, 2.45) is 5.73 Å². The Kier molecular flexibility index (Phi) is 17.1. The number of phosphoric ester groups is 1.